The van der Waals surface area contributed by atoms with Crippen LogP contribution in [0.5, 0.6) is 5.75 Å². The Hall–Kier alpha value is -1.58. The monoisotopic (exact) mass is 226 g/mol. The molecule has 1 aromatic carbocycles. The molecule has 0 heterocycles. The van der Waals surface area contributed by atoms with Gasteiger partial charge < -0.3 is 4.74 Å². The Morgan fingerprint density at radius 1 is 1.47 bits per heavy atom. The van der Waals surface area contributed by atoms with Gasteiger partial charge in [-0.1, -0.05) is 0 Å². The molecule has 0 spiro atoms. The third-order valence-corrected chi connectivity index (χ3v) is 2.86. The van der Waals surface area contributed by atoms with Crippen molar-refractivity contribution < 1.29 is 13.2 Å². The first-order valence-corrected chi connectivity index (χ1v) is 5.56. The average molecular weight is 226 g/mol. The van der Waals surface area contributed by atoms with Gasteiger partial charge in [0.1, 0.15) is 16.7 Å². The average Bonchev–Trinajstić information content (AvgIpc) is 2.15. The van der Waals surface area contributed by atoms with Gasteiger partial charge in [-0.25, -0.2) is 13.6 Å². The van der Waals surface area contributed by atoms with Crippen LogP contribution in [0.15, 0.2) is 17.0 Å². The van der Waals surface area contributed by atoms with E-state index >= 15 is 0 Å². The predicted molar refractivity (Wildman–Crippen MR) is 53.8 cm³/mol. The molecule has 15 heavy (non-hydrogen) atoms. The Labute approximate surface area is 88.1 Å². The summed E-state index contributed by atoms with van der Waals surface area (Å²) < 4.78 is 27.3. The maximum absolute atomic E-state index is 11.2. The molecule has 0 atom stereocenters. The SMILES string of the molecule is COc1cc(C)c(C#N)c(S(N)(=O)=O)c1. The number of benzene rings is 1. The Bertz CT molecular complexity index is 529. The number of methoxy groups -OCH3 is 1. The quantitative estimate of drug-likeness (QED) is 0.795. The van der Waals surface area contributed by atoms with Crippen LogP contribution < -0.4 is 9.88 Å². The minimum absolute atomic E-state index is 0.0540. The largest absolute Gasteiger partial charge is 0.497 e. The molecule has 0 saturated carbocycles. The number of hydrogen-bond acceptors (Lipinski definition) is 4. The van der Waals surface area contributed by atoms with Crippen LogP contribution in [0.3, 0.4) is 0 Å². The summed E-state index contributed by atoms with van der Waals surface area (Å²) in [5.41, 5.74) is 0.569. The molecule has 0 amide bonds. The number of hydrogen-bond donors (Lipinski definition) is 1. The van der Waals surface area contributed by atoms with Gasteiger partial charge in [0.25, 0.3) is 0 Å². The van der Waals surface area contributed by atoms with Crippen molar-refractivity contribution in [2.75, 3.05) is 7.11 Å². The van der Waals surface area contributed by atoms with Gasteiger partial charge in [0, 0.05) is 6.07 Å². The van der Waals surface area contributed by atoms with Crippen molar-refractivity contribution in [3.8, 4) is 11.8 Å². The Morgan fingerprint density at radius 3 is 2.47 bits per heavy atom. The van der Waals surface area contributed by atoms with E-state index in [1.165, 1.54) is 13.2 Å². The minimum atomic E-state index is -3.90. The lowest BCUT2D eigenvalue weighted by Crippen LogP contribution is -2.14. The second-order valence-electron chi connectivity index (χ2n) is 2.97. The normalized spacial score (nSPS) is 10.8. The fourth-order valence-electron chi connectivity index (χ4n) is 1.21. The molecule has 0 aliphatic heterocycles. The highest BCUT2D eigenvalue weighted by atomic mass is 32.2. The highest BCUT2D eigenvalue weighted by Gasteiger charge is 2.17. The number of sulfonamides is 1. The molecule has 0 aromatic heterocycles. The summed E-state index contributed by atoms with van der Waals surface area (Å²) in [6.45, 7) is 1.62. The van der Waals surface area contributed by atoms with E-state index in [4.69, 9.17) is 15.1 Å². The smallest absolute Gasteiger partial charge is 0.239 e. The Balaban J connectivity index is 3.63. The van der Waals surface area contributed by atoms with E-state index < -0.39 is 10.0 Å². The van der Waals surface area contributed by atoms with E-state index in [0.29, 0.717) is 11.3 Å². The number of nitrogens with two attached hydrogens (primary N) is 1. The molecule has 0 bridgehead atoms. The third-order valence-electron chi connectivity index (χ3n) is 1.93. The van der Waals surface area contributed by atoms with Crippen LogP contribution in [0.2, 0.25) is 0 Å². The molecular formula is C9H10N2O3S. The maximum atomic E-state index is 11.2. The van der Waals surface area contributed by atoms with Crippen LogP contribution in [0.25, 0.3) is 0 Å². The summed E-state index contributed by atoms with van der Waals surface area (Å²) in [5, 5.41) is 13.8. The highest BCUT2D eigenvalue weighted by Crippen LogP contribution is 2.24. The van der Waals surface area contributed by atoms with Gasteiger partial charge in [-0.05, 0) is 18.6 Å². The van der Waals surface area contributed by atoms with Gasteiger partial charge in [-0.3, -0.25) is 0 Å². The van der Waals surface area contributed by atoms with Crippen molar-refractivity contribution in [2.45, 2.75) is 11.8 Å². The lowest BCUT2D eigenvalue weighted by Gasteiger charge is -2.07. The van der Waals surface area contributed by atoms with E-state index in [-0.39, 0.29) is 10.5 Å². The Kier molecular flexibility index (Phi) is 2.98. The van der Waals surface area contributed by atoms with Crippen molar-refractivity contribution in [3.63, 3.8) is 0 Å². The Morgan fingerprint density at radius 2 is 2.07 bits per heavy atom. The molecule has 0 aliphatic carbocycles. The number of primary sulfonamides is 1. The fourth-order valence-corrected chi connectivity index (χ4v) is 1.98. The van der Waals surface area contributed by atoms with Crippen LogP contribution in [0, 0.1) is 18.3 Å². The number of rotatable bonds is 2. The van der Waals surface area contributed by atoms with E-state index in [1.807, 2.05) is 0 Å². The summed E-state index contributed by atoms with van der Waals surface area (Å²) in [4.78, 5) is -0.207. The summed E-state index contributed by atoms with van der Waals surface area (Å²) in [7, 11) is -2.49. The first-order valence-electron chi connectivity index (χ1n) is 4.01. The maximum Gasteiger partial charge on any atom is 0.239 e. The second-order valence-corrected chi connectivity index (χ2v) is 4.50. The van der Waals surface area contributed by atoms with E-state index in [2.05, 4.69) is 0 Å². The zero-order valence-corrected chi connectivity index (χ0v) is 9.13. The van der Waals surface area contributed by atoms with Gasteiger partial charge in [-0.2, -0.15) is 5.26 Å². The van der Waals surface area contributed by atoms with Crippen molar-refractivity contribution >= 4 is 10.0 Å². The molecule has 1 aromatic rings. The van der Waals surface area contributed by atoms with Gasteiger partial charge >= 0.3 is 0 Å². The molecule has 80 valence electrons. The fraction of sp³-hybridized carbons (Fsp3) is 0.222. The number of aryl methyl sites for hydroxylation is 1. The minimum Gasteiger partial charge on any atom is -0.497 e. The van der Waals surface area contributed by atoms with Gasteiger partial charge in [-0.15, -0.1) is 0 Å². The van der Waals surface area contributed by atoms with E-state index in [9.17, 15) is 8.42 Å². The molecule has 5 nitrogen and oxygen atoms in total. The predicted octanol–water partition coefficient (Wildman–Crippen LogP) is 0.523. The molecule has 0 unspecified atom stereocenters. The van der Waals surface area contributed by atoms with Crippen LogP contribution >= 0.6 is 0 Å². The van der Waals surface area contributed by atoms with Gasteiger partial charge in [0.15, 0.2) is 0 Å². The summed E-state index contributed by atoms with van der Waals surface area (Å²) >= 11 is 0. The van der Waals surface area contributed by atoms with Crippen molar-refractivity contribution in [1.29, 1.82) is 5.26 Å². The molecule has 1 rings (SSSR count). The third kappa shape index (κ3) is 2.26. The van der Waals surface area contributed by atoms with Gasteiger partial charge in [0.05, 0.1) is 12.7 Å². The zero-order valence-electron chi connectivity index (χ0n) is 8.31. The molecule has 0 saturated heterocycles. The van der Waals surface area contributed by atoms with Gasteiger partial charge in [0.2, 0.25) is 10.0 Å². The summed E-state index contributed by atoms with van der Waals surface area (Å²) in [6.07, 6.45) is 0. The first-order chi connectivity index (χ1) is 6.90. The first kappa shape index (κ1) is 11.5. The zero-order chi connectivity index (χ0) is 11.6. The van der Waals surface area contributed by atoms with Crippen LogP contribution in [-0.2, 0) is 10.0 Å². The number of nitrogens with zero attached hydrogens (tertiary/aromatic N) is 1. The molecule has 0 radical (unpaired) electrons. The summed E-state index contributed by atoms with van der Waals surface area (Å²) in [5.74, 6) is 0.357. The topological polar surface area (TPSA) is 93.2 Å². The van der Waals surface area contributed by atoms with Crippen molar-refractivity contribution in [2.24, 2.45) is 5.14 Å². The van der Waals surface area contributed by atoms with Crippen molar-refractivity contribution in [1.82, 2.24) is 0 Å². The molecule has 0 fully saturated rings. The lowest BCUT2D eigenvalue weighted by atomic mass is 10.1. The second kappa shape index (κ2) is 3.88. The number of ether oxygens (including phenoxy) is 1. The molecule has 2 N–H and O–H groups in total. The molecular weight excluding hydrogens is 216 g/mol. The highest BCUT2D eigenvalue weighted by molar-refractivity contribution is 7.89. The molecule has 0 aliphatic rings. The molecule has 6 heteroatoms. The number of nitriles is 1. The standard InChI is InChI=1S/C9H10N2O3S/c1-6-3-7(14-2)4-9(8(6)5-10)15(11,12)13/h3-4H,1-2H3,(H2,11,12,13). The van der Waals surface area contributed by atoms with E-state index in [0.717, 1.165) is 0 Å². The van der Waals surface area contributed by atoms with E-state index in [1.54, 1.807) is 19.1 Å². The van der Waals surface area contributed by atoms with Crippen molar-refractivity contribution in [3.05, 3.63) is 23.3 Å². The van der Waals surface area contributed by atoms with Crippen LogP contribution in [-0.4, -0.2) is 15.5 Å². The summed E-state index contributed by atoms with van der Waals surface area (Å²) in [6, 6.07) is 4.62. The van der Waals surface area contributed by atoms with Crippen LogP contribution in [0.4, 0.5) is 0 Å². The van der Waals surface area contributed by atoms with Crippen LogP contribution in [0.1, 0.15) is 11.1 Å². The lowest BCUT2D eigenvalue weighted by molar-refractivity contribution is 0.413.